The van der Waals surface area contributed by atoms with Gasteiger partial charge in [0.15, 0.2) is 0 Å². The van der Waals surface area contributed by atoms with Gasteiger partial charge in [0.25, 0.3) is 0 Å². The second kappa shape index (κ2) is 15.3. The fraction of sp³-hybridized carbons (Fsp3) is 0.150. The van der Waals surface area contributed by atoms with E-state index in [9.17, 15) is 0 Å². The first-order valence-corrected chi connectivity index (χ1v) is 14.7. The van der Waals surface area contributed by atoms with Crippen molar-refractivity contribution in [1.82, 2.24) is 0 Å². The van der Waals surface area contributed by atoms with Gasteiger partial charge in [-0.05, 0) is 104 Å². The van der Waals surface area contributed by atoms with E-state index < -0.39 is 0 Å². The van der Waals surface area contributed by atoms with Crippen molar-refractivity contribution >= 4 is 33.8 Å². The predicted octanol–water partition coefficient (Wildman–Crippen LogP) is 11.6. The van der Waals surface area contributed by atoms with E-state index in [1.165, 1.54) is 27.8 Å². The van der Waals surface area contributed by atoms with E-state index >= 15 is 0 Å². The highest BCUT2D eigenvalue weighted by Gasteiger charge is 2.23. The van der Waals surface area contributed by atoms with Crippen LogP contribution in [0.15, 0.2) is 147 Å². The van der Waals surface area contributed by atoms with Gasteiger partial charge >= 0.3 is 0 Å². The Morgan fingerprint density at radius 1 is 0.881 bits per heavy atom. The number of hydrogen-bond donors (Lipinski definition) is 2. The van der Waals surface area contributed by atoms with Crippen molar-refractivity contribution in [3.05, 3.63) is 169 Å². The first-order valence-electron chi connectivity index (χ1n) is 14.7. The Bertz CT molecular complexity index is 1580. The zero-order chi connectivity index (χ0) is 29.7. The number of anilines is 3. The molecule has 2 heteroatoms. The molecule has 1 atom stereocenters. The van der Waals surface area contributed by atoms with Crippen LogP contribution in [0.3, 0.4) is 0 Å². The molecule has 3 aromatic rings. The highest BCUT2D eigenvalue weighted by atomic mass is 14.9. The Morgan fingerprint density at radius 3 is 2.36 bits per heavy atom. The molecule has 3 aromatic carbocycles. The summed E-state index contributed by atoms with van der Waals surface area (Å²) in [7, 11) is 0. The topological polar surface area (TPSA) is 24.1 Å². The number of hydrogen-bond acceptors (Lipinski definition) is 2. The van der Waals surface area contributed by atoms with Crippen LogP contribution in [0.4, 0.5) is 17.1 Å². The smallest absolute Gasteiger partial charge is 0.0463 e. The van der Waals surface area contributed by atoms with Gasteiger partial charge in [-0.15, -0.1) is 6.58 Å². The quantitative estimate of drug-likeness (QED) is 0.163. The summed E-state index contributed by atoms with van der Waals surface area (Å²) in [6.07, 6.45) is 24.6. The molecule has 0 saturated heterocycles. The van der Waals surface area contributed by atoms with Crippen molar-refractivity contribution in [1.29, 1.82) is 0 Å². The molecule has 212 valence electrons. The Morgan fingerprint density at radius 2 is 1.62 bits per heavy atom. The highest BCUT2D eigenvalue weighted by Crippen LogP contribution is 2.43. The molecule has 4 rings (SSSR count). The molecule has 0 saturated carbocycles. The minimum atomic E-state index is 0.374. The van der Waals surface area contributed by atoms with Gasteiger partial charge in [0.05, 0.1) is 0 Å². The number of nitrogens with one attached hydrogen (secondary N) is 2. The summed E-state index contributed by atoms with van der Waals surface area (Å²) in [6, 6.07) is 23.7. The Balaban J connectivity index is 1.61. The van der Waals surface area contributed by atoms with E-state index in [0.717, 1.165) is 41.0 Å². The summed E-state index contributed by atoms with van der Waals surface area (Å²) < 4.78 is 0. The van der Waals surface area contributed by atoms with Crippen molar-refractivity contribution < 1.29 is 0 Å². The molecule has 1 aliphatic carbocycles. The standard InChI is InChI=1S/C40H42N2/c1-6-9-13-18-31(5)38-29-33(22-24-40(38)42-36-19-14-12-15-20-36)35-26-34(27-35)32-21-23-39(41-25-16-10-7-2)37(28-32)30(4)17-11-8-3/h6-10,12-26,28-29,35,41-42H,3,5,11,27H2,1-2,4H3/b9-6-,10-7-,18-13-,25-16-,30-17+. The molecular formula is C40H42N2. The van der Waals surface area contributed by atoms with Crippen LogP contribution in [0, 0.1) is 0 Å². The molecule has 42 heavy (non-hydrogen) atoms. The summed E-state index contributed by atoms with van der Waals surface area (Å²) >= 11 is 0. The molecule has 0 amide bonds. The predicted molar refractivity (Wildman–Crippen MR) is 187 cm³/mol. The molecule has 0 spiro atoms. The maximum Gasteiger partial charge on any atom is 0.0463 e. The maximum atomic E-state index is 4.39. The summed E-state index contributed by atoms with van der Waals surface area (Å²) in [5.74, 6) is 0.374. The number of rotatable bonds is 13. The van der Waals surface area contributed by atoms with Crippen LogP contribution >= 0.6 is 0 Å². The molecular weight excluding hydrogens is 508 g/mol. The van der Waals surface area contributed by atoms with Gasteiger partial charge < -0.3 is 10.6 Å². The van der Waals surface area contributed by atoms with E-state index in [2.05, 4.69) is 97.5 Å². The van der Waals surface area contributed by atoms with Gasteiger partial charge in [-0.25, -0.2) is 0 Å². The van der Waals surface area contributed by atoms with Gasteiger partial charge in [0.2, 0.25) is 0 Å². The van der Waals surface area contributed by atoms with Crippen molar-refractivity contribution in [2.75, 3.05) is 10.6 Å². The van der Waals surface area contributed by atoms with E-state index in [4.69, 9.17) is 0 Å². The molecule has 0 bridgehead atoms. The lowest BCUT2D eigenvalue weighted by Crippen LogP contribution is -2.09. The van der Waals surface area contributed by atoms with Gasteiger partial charge in [-0.2, -0.15) is 0 Å². The van der Waals surface area contributed by atoms with Gasteiger partial charge in [-0.1, -0.05) is 91.6 Å². The Kier molecular flexibility index (Phi) is 10.9. The second-order valence-electron chi connectivity index (χ2n) is 10.4. The van der Waals surface area contributed by atoms with Gasteiger partial charge in [-0.3, -0.25) is 0 Å². The Labute approximate surface area is 252 Å². The summed E-state index contributed by atoms with van der Waals surface area (Å²) in [5, 5.41) is 7.04. The Hall–Kier alpha value is -4.82. The third kappa shape index (κ3) is 7.89. The SMILES string of the molecule is C=CC/C=C(\C)c1cc(C2=CC(c3ccc(Nc4ccccc4)c(C(=C)/C=C\C=C/C)c3)C2)ccc1N/C=C\C=C/C. The third-order valence-electron chi connectivity index (χ3n) is 7.36. The normalized spacial score (nSPS) is 15.4. The summed E-state index contributed by atoms with van der Waals surface area (Å²) in [6.45, 7) is 14.5. The second-order valence-corrected chi connectivity index (χ2v) is 10.4. The number of para-hydroxylation sites is 1. The number of allylic oxidation sites excluding steroid dienone is 13. The maximum absolute atomic E-state index is 4.39. The molecule has 0 aromatic heterocycles. The summed E-state index contributed by atoms with van der Waals surface area (Å²) in [4.78, 5) is 0. The molecule has 0 heterocycles. The van der Waals surface area contributed by atoms with E-state index in [0.29, 0.717) is 5.92 Å². The van der Waals surface area contributed by atoms with Crippen molar-refractivity contribution in [2.24, 2.45) is 0 Å². The van der Waals surface area contributed by atoms with Gasteiger partial charge in [0, 0.05) is 40.3 Å². The van der Waals surface area contributed by atoms with Crippen LogP contribution in [0.2, 0.25) is 0 Å². The number of benzene rings is 3. The lowest BCUT2D eigenvalue weighted by Gasteiger charge is -2.28. The zero-order valence-electron chi connectivity index (χ0n) is 25.1. The van der Waals surface area contributed by atoms with Crippen molar-refractivity contribution in [3.63, 3.8) is 0 Å². The van der Waals surface area contributed by atoms with E-state index in [1.54, 1.807) is 0 Å². The largest absolute Gasteiger partial charge is 0.361 e. The average Bonchev–Trinajstić information content (AvgIpc) is 2.99. The fourth-order valence-electron chi connectivity index (χ4n) is 4.96. The monoisotopic (exact) mass is 550 g/mol. The van der Waals surface area contributed by atoms with Crippen LogP contribution in [-0.4, -0.2) is 0 Å². The van der Waals surface area contributed by atoms with Crippen LogP contribution < -0.4 is 10.6 Å². The first kappa shape index (κ1) is 30.1. The lowest BCUT2D eigenvalue weighted by molar-refractivity contribution is 0.815. The van der Waals surface area contributed by atoms with Crippen molar-refractivity contribution in [2.45, 2.75) is 39.5 Å². The minimum absolute atomic E-state index is 0.374. The molecule has 0 fully saturated rings. The third-order valence-corrected chi connectivity index (χ3v) is 7.36. The molecule has 2 N–H and O–H groups in total. The van der Waals surface area contributed by atoms with E-state index in [1.807, 2.05) is 80.8 Å². The van der Waals surface area contributed by atoms with Crippen LogP contribution in [0.25, 0.3) is 16.7 Å². The molecule has 0 radical (unpaired) electrons. The first-order chi connectivity index (χ1) is 20.5. The average molecular weight is 551 g/mol. The van der Waals surface area contributed by atoms with Crippen LogP contribution in [0.5, 0.6) is 0 Å². The lowest BCUT2D eigenvalue weighted by atomic mass is 9.77. The summed E-state index contributed by atoms with van der Waals surface area (Å²) in [5.41, 5.74) is 11.7. The fourth-order valence-corrected chi connectivity index (χ4v) is 4.96. The minimum Gasteiger partial charge on any atom is -0.361 e. The van der Waals surface area contributed by atoms with Crippen LogP contribution in [-0.2, 0) is 0 Å². The molecule has 1 unspecified atom stereocenters. The van der Waals surface area contributed by atoms with Crippen LogP contribution in [0.1, 0.15) is 61.8 Å². The zero-order valence-corrected chi connectivity index (χ0v) is 25.1. The molecule has 0 aliphatic heterocycles. The highest BCUT2D eigenvalue weighted by molar-refractivity contribution is 5.85. The van der Waals surface area contributed by atoms with Gasteiger partial charge in [0.1, 0.15) is 0 Å². The molecule has 1 aliphatic rings. The van der Waals surface area contributed by atoms with Crippen molar-refractivity contribution in [3.8, 4) is 0 Å². The molecule has 2 nitrogen and oxygen atoms in total. The van der Waals surface area contributed by atoms with E-state index in [-0.39, 0.29) is 0 Å².